The molecule has 1 fully saturated rings. The quantitative estimate of drug-likeness (QED) is 0.605. The molecule has 0 bridgehead atoms. The lowest BCUT2D eigenvalue weighted by Gasteiger charge is -2.21. The van der Waals surface area contributed by atoms with Crippen molar-refractivity contribution in [2.75, 3.05) is 13.2 Å². The van der Waals surface area contributed by atoms with Gasteiger partial charge in [0.05, 0.1) is 19.1 Å². The van der Waals surface area contributed by atoms with Crippen LogP contribution in [0.15, 0.2) is 0 Å². The summed E-state index contributed by atoms with van der Waals surface area (Å²) in [5, 5.41) is 0. The fourth-order valence-corrected chi connectivity index (χ4v) is 1.37. The zero-order chi connectivity index (χ0) is 8.81. The Hall–Kier alpha value is -0.570. The lowest BCUT2D eigenvalue weighted by Crippen LogP contribution is -2.23. The van der Waals surface area contributed by atoms with Crippen LogP contribution in [0.4, 0.5) is 0 Å². The molecule has 0 aliphatic carbocycles. The van der Waals surface area contributed by atoms with Crippen LogP contribution < -0.4 is 0 Å². The first kappa shape index (κ1) is 9.52. The second-order valence-electron chi connectivity index (χ2n) is 3.00. The number of ether oxygens (including phenoxy) is 2. The van der Waals surface area contributed by atoms with Gasteiger partial charge in [0.25, 0.3) is 0 Å². The molecule has 1 atom stereocenters. The molecule has 1 saturated heterocycles. The molecule has 0 aromatic heterocycles. The van der Waals surface area contributed by atoms with Crippen molar-refractivity contribution in [3.8, 4) is 0 Å². The number of rotatable bonds is 3. The summed E-state index contributed by atoms with van der Waals surface area (Å²) in [5.41, 5.74) is 0. The van der Waals surface area contributed by atoms with Crippen LogP contribution in [-0.4, -0.2) is 25.3 Å². The molecule has 0 radical (unpaired) electrons. The van der Waals surface area contributed by atoms with E-state index in [2.05, 4.69) is 0 Å². The second-order valence-corrected chi connectivity index (χ2v) is 3.00. The normalized spacial score (nSPS) is 23.6. The van der Waals surface area contributed by atoms with Crippen molar-refractivity contribution in [1.29, 1.82) is 0 Å². The van der Waals surface area contributed by atoms with Crippen LogP contribution in [0.5, 0.6) is 0 Å². The lowest BCUT2D eigenvalue weighted by atomic mass is 10.1. The van der Waals surface area contributed by atoms with E-state index >= 15 is 0 Å². The van der Waals surface area contributed by atoms with Crippen LogP contribution in [0.3, 0.4) is 0 Å². The zero-order valence-electron chi connectivity index (χ0n) is 7.54. The molecule has 0 aromatic carbocycles. The Kier molecular flexibility index (Phi) is 4.08. The maximum absolute atomic E-state index is 11.0. The van der Waals surface area contributed by atoms with Gasteiger partial charge in [0.15, 0.2) is 0 Å². The van der Waals surface area contributed by atoms with Crippen LogP contribution in [-0.2, 0) is 14.3 Å². The predicted octanol–water partition coefficient (Wildman–Crippen LogP) is 1.51. The molecule has 1 aliphatic heterocycles. The fourth-order valence-electron chi connectivity index (χ4n) is 1.37. The lowest BCUT2D eigenvalue weighted by molar-refractivity contribution is -0.147. The molecule has 70 valence electrons. The third kappa shape index (κ3) is 3.22. The molecule has 0 spiro atoms. The van der Waals surface area contributed by atoms with Crippen molar-refractivity contribution in [1.82, 2.24) is 0 Å². The van der Waals surface area contributed by atoms with E-state index in [-0.39, 0.29) is 12.1 Å². The van der Waals surface area contributed by atoms with Crippen LogP contribution in [0.2, 0.25) is 0 Å². The first-order valence-electron chi connectivity index (χ1n) is 4.60. The Morgan fingerprint density at radius 1 is 1.58 bits per heavy atom. The maximum Gasteiger partial charge on any atom is 0.308 e. The molecule has 1 heterocycles. The van der Waals surface area contributed by atoms with E-state index in [4.69, 9.17) is 9.47 Å². The molecule has 0 amide bonds. The number of hydrogen-bond acceptors (Lipinski definition) is 3. The topological polar surface area (TPSA) is 35.5 Å². The predicted molar refractivity (Wildman–Crippen MR) is 44.8 cm³/mol. The Morgan fingerprint density at radius 2 is 2.42 bits per heavy atom. The first-order valence-corrected chi connectivity index (χ1v) is 4.60. The summed E-state index contributed by atoms with van der Waals surface area (Å²) in [6.45, 7) is 3.08. The Balaban J connectivity index is 2.15. The Bertz CT molecular complexity index is 139. The molecule has 0 N–H and O–H groups in total. The van der Waals surface area contributed by atoms with Crippen molar-refractivity contribution in [2.45, 2.75) is 38.7 Å². The SMILES string of the molecule is CCOC(=O)C[C@H]1CCCCO1. The van der Waals surface area contributed by atoms with Crippen molar-refractivity contribution >= 4 is 5.97 Å². The van der Waals surface area contributed by atoms with E-state index in [1.807, 2.05) is 6.92 Å². The number of carbonyl (C=O) groups is 1. The summed E-state index contributed by atoms with van der Waals surface area (Å²) in [4.78, 5) is 11.0. The standard InChI is InChI=1S/C9H16O3/c1-2-11-9(10)7-8-5-3-4-6-12-8/h8H,2-7H2,1H3/t8-/m1/s1. The van der Waals surface area contributed by atoms with Crippen LogP contribution in [0.25, 0.3) is 0 Å². The van der Waals surface area contributed by atoms with E-state index < -0.39 is 0 Å². The molecule has 0 unspecified atom stereocenters. The van der Waals surface area contributed by atoms with Gasteiger partial charge in [-0.2, -0.15) is 0 Å². The molecule has 0 aromatic rings. The summed E-state index contributed by atoms with van der Waals surface area (Å²) in [5.74, 6) is -0.135. The minimum absolute atomic E-state index is 0.109. The highest BCUT2D eigenvalue weighted by Crippen LogP contribution is 2.15. The number of esters is 1. The third-order valence-corrected chi connectivity index (χ3v) is 1.97. The highest BCUT2D eigenvalue weighted by atomic mass is 16.5. The van der Waals surface area contributed by atoms with Crippen molar-refractivity contribution in [2.24, 2.45) is 0 Å². The third-order valence-electron chi connectivity index (χ3n) is 1.97. The van der Waals surface area contributed by atoms with Gasteiger partial charge in [-0.15, -0.1) is 0 Å². The molecule has 1 aliphatic rings. The largest absolute Gasteiger partial charge is 0.466 e. The fraction of sp³-hybridized carbons (Fsp3) is 0.889. The van der Waals surface area contributed by atoms with Gasteiger partial charge in [0.1, 0.15) is 0 Å². The van der Waals surface area contributed by atoms with Gasteiger partial charge in [-0.05, 0) is 26.2 Å². The second kappa shape index (κ2) is 5.14. The Labute approximate surface area is 73.0 Å². The van der Waals surface area contributed by atoms with Gasteiger partial charge >= 0.3 is 5.97 Å². The minimum atomic E-state index is -0.135. The Morgan fingerprint density at radius 3 is 3.00 bits per heavy atom. The molecular weight excluding hydrogens is 156 g/mol. The van der Waals surface area contributed by atoms with E-state index in [9.17, 15) is 4.79 Å². The average molecular weight is 172 g/mol. The van der Waals surface area contributed by atoms with Crippen LogP contribution >= 0.6 is 0 Å². The minimum Gasteiger partial charge on any atom is -0.466 e. The maximum atomic E-state index is 11.0. The highest BCUT2D eigenvalue weighted by molar-refractivity contribution is 5.69. The summed E-state index contributed by atoms with van der Waals surface area (Å²) in [7, 11) is 0. The van der Waals surface area contributed by atoms with Gasteiger partial charge in [-0.1, -0.05) is 0 Å². The van der Waals surface area contributed by atoms with E-state index in [0.29, 0.717) is 13.0 Å². The van der Waals surface area contributed by atoms with Crippen molar-refractivity contribution < 1.29 is 14.3 Å². The summed E-state index contributed by atoms with van der Waals surface area (Å²) in [6, 6.07) is 0. The molecule has 12 heavy (non-hydrogen) atoms. The number of hydrogen-bond donors (Lipinski definition) is 0. The summed E-state index contributed by atoms with van der Waals surface area (Å²) >= 11 is 0. The van der Waals surface area contributed by atoms with Crippen molar-refractivity contribution in [3.63, 3.8) is 0 Å². The average Bonchev–Trinajstić information content (AvgIpc) is 2.06. The van der Waals surface area contributed by atoms with E-state index in [1.165, 1.54) is 6.42 Å². The van der Waals surface area contributed by atoms with E-state index in [0.717, 1.165) is 19.4 Å². The van der Waals surface area contributed by atoms with Gasteiger partial charge in [-0.25, -0.2) is 0 Å². The van der Waals surface area contributed by atoms with Gasteiger partial charge < -0.3 is 9.47 Å². The summed E-state index contributed by atoms with van der Waals surface area (Å²) < 4.78 is 10.2. The van der Waals surface area contributed by atoms with Crippen molar-refractivity contribution in [3.05, 3.63) is 0 Å². The van der Waals surface area contributed by atoms with Gasteiger partial charge in [0.2, 0.25) is 0 Å². The number of carbonyl (C=O) groups excluding carboxylic acids is 1. The molecule has 0 saturated carbocycles. The van der Waals surface area contributed by atoms with Crippen LogP contribution in [0.1, 0.15) is 32.6 Å². The highest BCUT2D eigenvalue weighted by Gasteiger charge is 2.17. The van der Waals surface area contributed by atoms with E-state index in [1.54, 1.807) is 0 Å². The zero-order valence-corrected chi connectivity index (χ0v) is 7.54. The molecule has 3 heteroatoms. The monoisotopic (exact) mass is 172 g/mol. The molecular formula is C9H16O3. The molecule has 3 nitrogen and oxygen atoms in total. The van der Waals surface area contributed by atoms with Gasteiger partial charge in [0, 0.05) is 6.61 Å². The van der Waals surface area contributed by atoms with Gasteiger partial charge in [-0.3, -0.25) is 4.79 Å². The summed E-state index contributed by atoms with van der Waals surface area (Å²) in [6.07, 6.45) is 3.83. The van der Waals surface area contributed by atoms with Crippen LogP contribution in [0, 0.1) is 0 Å². The molecule has 1 rings (SSSR count). The first-order chi connectivity index (χ1) is 5.83. The smallest absolute Gasteiger partial charge is 0.308 e.